The van der Waals surface area contributed by atoms with Crippen LogP contribution in [-0.4, -0.2) is 26.5 Å². The van der Waals surface area contributed by atoms with Crippen LogP contribution in [0.5, 0.6) is 0 Å². The molecule has 0 atom stereocenters. The monoisotopic (exact) mass is 431 g/mol. The zero-order valence-corrected chi connectivity index (χ0v) is 18.2. The van der Waals surface area contributed by atoms with Gasteiger partial charge >= 0.3 is 5.69 Å². The molecule has 1 amide bonds. The van der Waals surface area contributed by atoms with Crippen LogP contribution < -0.4 is 11.2 Å². The van der Waals surface area contributed by atoms with Crippen LogP contribution in [0.1, 0.15) is 36.3 Å². The number of halogens is 1. The molecule has 0 radical (unpaired) electrons. The first-order chi connectivity index (χ1) is 13.8. The number of amides is 1. The number of aromatic nitrogens is 2. The molecule has 4 rings (SSSR count). The third-order valence-corrected chi connectivity index (χ3v) is 6.90. The van der Waals surface area contributed by atoms with Crippen molar-refractivity contribution in [2.45, 2.75) is 46.7 Å². The van der Waals surface area contributed by atoms with Gasteiger partial charge in [0.2, 0.25) is 5.91 Å². The van der Waals surface area contributed by atoms with Crippen molar-refractivity contribution in [1.82, 2.24) is 14.0 Å². The number of rotatable bonds is 3. The molecule has 1 aliphatic rings. The van der Waals surface area contributed by atoms with Crippen LogP contribution in [0.2, 0.25) is 5.02 Å². The maximum absolute atomic E-state index is 13.6. The Morgan fingerprint density at radius 2 is 2.03 bits per heavy atom. The van der Waals surface area contributed by atoms with Gasteiger partial charge in [-0.1, -0.05) is 24.6 Å². The molecule has 1 aliphatic heterocycles. The van der Waals surface area contributed by atoms with Gasteiger partial charge in [0.15, 0.2) is 0 Å². The summed E-state index contributed by atoms with van der Waals surface area (Å²) in [7, 11) is 0. The summed E-state index contributed by atoms with van der Waals surface area (Å²) in [4.78, 5) is 42.2. The average molecular weight is 432 g/mol. The molecule has 0 unspecified atom stereocenters. The van der Waals surface area contributed by atoms with Gasteiger partial charge in [-0.3, -0.25) is 14.2 Å². The maximum atomic E-state index is 13.6. The molecule has 0 N–H and O–H groups in total. The van der Waals surface area contributed by atoms with E-state index in [0.717, 1.165) is 22.4 Å². The third kappa shape index (κ3) is 3.22. The Bertz CT molecular complexity index is 1250. The van der Waals surface area contributed by atoms with E-state index in [2.05, 4.69) is 0 Å². The first kappa shape index (κ1) is 19.9. The van der Waals surface area contributed by atoms with E-state index >= 15 is 0 Å². The van der Waals surface area contributed by atoms with E-state index in [9.17, 15) is 14.4 Å². The molecule has 6 nitrogen and oxygen atoms in total. The quantitative estimate of drug-likeness (QED) is 0.637. The summed E-state index contributed by atoms with van der Waals surface area (Å²) in [5.74, 6) is 0.0195. The molecule has 0 saturated heterocycles. The highest BCUT2D eigenvalue weighted by Crippen LogP contribution is 2.33. The summed E-state index contributed by atoms with van der Waals surface area (Å²) in [6.45, 7) is 7.00. The molecule has 2 aromatic heterocycles. The molecule has 0 spiro atoms. The SMILES string of the molecule is CCCn1c(=O)n(-c2cc(Cl)ccc2C)c(=O)c2c3c(sc21)CN(C(C)=O)CC3. The molecule has 0 fully saturated rings. The molecule has 0 aliphatic carbocycles. The number of nitrogens with zero attached hydrogens (tertiary/aromatic N) is 3. The van der Waals surface area contributed by atoms with Gasteiger partial charge in [0.25, 0.3) is 5.56 Å². The molecule has 3 heterocycles. The average Bonchev–Trinajstić information content (AvgIpc) is 3.06. The van der Waals surface area contributed by atoms with E-state index in [1.165, 1.54) is 15.9 Å². The maximum Gasteiger partial charge on any atom is 0.336 e. The Morgan fingerprint density at radius 3 is 2.72 bits per heavy atom. The van der Waals surface area contributed by atoms with Crippen LogP contribution in [0.4, 0.5) is 0 Å². The summed E-state index contributed by atoms with van der Waals surface area (Å²) in [6, 6.07) is 5.22. The second kappa shape index (κ2) is 7.46. The lowest BCUT2D eigenvalue weighted by molar-refractivity contribution is -0.129. The zero-order valence-electron chi connectivity index (χ0n) is 16.6. The van der Waals surface area contributed by atoms with Gasteiger partial charge in [0.1, 0.15) is 4.83 Å². The second-order valence-electron chi connectivity index (χ2n) is 7.38. The lowest BCUT2D eigenvalue weighted by Crippen LogP contribution is -2.39. The van der Waals surface area contributed by atoms with Crippen LogP contribution in [0.25, 0.3) is 15.9 Å². The van der Waals surface area contributed by atoms with Crippen molar-refractivity contribution in [2.75, 3.05) is 6.54 Å². The van der Waals surface area contributed by atoms with E-state index in [0.29, 0.717) is 47.0 Å². The predicted octanol–water partition coefficient (Wildman–Crippen LogP) is 3.49. The van der Waals surface area contributed by atoms with Crippen LogP contribution in [0, 0.1) is 6.92 Å². The van der Waals surface area contributed by atoms with Crippen LogP contribution in [-0.2, 0) is 24.3 Å². The fraction of sp³-hybridized carbons (Fsp3) is 0.381. The van der Waals surface area contributed by atoms with E-state index < -0.39 is 0 Å². The standard InChI is InChI=1S/C21H22ClN3O3S/c1-4-8-24-20-18(15-7-9-23(13(3)26)11-17(15)29-20)19(27)25(21(24)28)16-10-14(22)6-5-12(16)2/h5-6,10H,4,7-9,11H2,1-3H3. The summed E-state index contributed by atoms with van der Waals surface area (Å²) in [6.07, 6.45) is 1.38. The van der Waals surface area contributed by atoms with Gasteiger partial charge in [0, 0.05) is 29.9 Å². The van der Waals surface area contributed by atoms with Crippen molar-refractivity contribution >= 4 is 39.1 Å². The Hall–Kier alpha value is -2.38. The smallest absolute Gasteiger partial charge is 0.336 e. The minimum Gasteiger partial charge on any atom is -0.337 e. The van der Waals surface area contributed by atoms with E-state index in [-0.39, 0.29) is 17.2 Å². The Balaban J connectivity index is 2.07. The number of hydrogen-bond acceptors (Lipinski definition) is 4. The van der Waals surface area contributed by atoms with Crippen molar-refractivity contribution in [3.05, 3.63) is 60.1 Å². The molecule has 1 aromatic carbocycles. The number of aryl methyl sites for hydroxylation is 2. The first-order valence-electron chi connectivity index (χ1n) is 9.65. The van der Waals surface area contributed by atoms with Crippen molar-refractivity contribution in [1.29, 1.82) is 0 Å². The highest BCUT2D eigenvalue weighted by Gasteiger charge is 2.27. The summed E-state index contributed by atoms with van der Waals surface area (Å²) >= 11 is 7.63. The molecule has 0 saturated carbocycles. The van der Waals surface area contributed by atoms with Gasteiger partial charge < -0.3 is 4.90 Å². The third-order valence-electron chi connectivity index (χ3n) is 5.43. The van der Waals surface area contributed by atoms with Crippen LogP contribution >= 0.6 is 22.9 Å². The topological polar surface area (TPSA) is 64.3 Å². The first-order valence-corrected chi connectivity index (χ1v) is 10.8. The fourth-order valence-corrected chi connectivity index (χ4v) is 5.47. The van der Waals surface area contributed by atoms with Crippen molar-refractivity contribution in [3.63, 3.8) is 0 Å². The normalized spacial score (nSPS) is 13.7. The lowest BCUT2D eigenvalue weighted by atomic mass is 10.1. The zero-order chi connectivity index (χ0) is 20.9. The number of carbonyl (C=O) groups excluding carboxylic acids is 1. The van der Waals surface area contributed by atoms with Crippen molar-refractivity contribution in [2.24, 2.45) is 0 Å². The number of hydrogen-bond donors (Lipinski definition) is 0. The minimum atomic E-state index is -0.350. The number of fused-ring (bicyclic) bond motifs is 3. The lowest BCUT2D eigenvalue weighted by Gasteiger charge is -2.25. The Morgan fingerprint density at radius 1 is 1.28 bits per heavy atom. The highest BCUT2D eigenvalue weighted by atomic mass is 35.5. The van der Waals surface area contributed by atoms with Gasteiger partial charge in [0.05, 0.1) is 17.6 Å². The van der Waals surface area contributed by atoms with Crippen LogP contribution in [0.15, 0.2) is 27.8 Å². The molecule has 0 bridgehead atoms. The van der Waals surface area contributed by atoms with Gasteiger partial charge in [-0.05, 0) is 43.0 Å². The van der Waals surface area contributed by atoms with E-state index in [1.54, 1.807) is 28.5 Å². The van der Waals surface area contributed by atoms with Gasteiger partial charge in [-0.15, -0.1) is 11.3 Å². The van der Waals surface area contributed by atoms with E-state index in [1.807, 2.05) is 19.9 Å². The van der Waals surface area contributed by atoms with Crippen molar-refractivity contribution < 1.29 is 4.79 Å². The second-order valence-corrected chi connectivity index (χ2v) is 8.90. The molecular formula is C21H22ClN3O3S. The fourth-order valence-electron chi connectivity index (χ4n) is 3.93. The van der Waals surface area contributed by atoms with E-state index in [4.69, 9.17) is 11.6 Å². The van der Waals surface area contributed by atoms with Crippen LogP contribution in [0.3, 0.4) is 0 Å². The summed E-state index contributed by atoms with van der Waals surface area (Å²) < 4.78 is 2.95. The largest absolute Gasteiger partial charge is 0.337 e. The Kier molecular flexibility index (Phi) is 5.12. The molecule has 29 heavy (non-hydrogen) atoms. The number of benzene rings is 1. The Labute approximate surface area is 176 Å². The summed E-state index contributed by atoms with van der Waals surface area (Å²) in [5.41, 5.74) is 1.63. The molecule has 152 valence electrons. The number of carbonyl (C=O) groups is 1. The minimum absolute atomic E-state index is 0.0195. The van der Waals surface area contributed by atoms with Gasteiger partial charge in [-0.2, -0.15) is 0 Å². The summed E-state index contributed by atoms with van der Waals surface area (Å²) in [5, 5.41) is 1.07. The molecule has 3 aromatic rings. The highest BCUT2D eigenvalue weighted by molar-refractivity contribution is 7.18. The molecule has 8 heteroatoms. The number of thiophene rings is 1. The van der Waals surface area contributed by atoms with Gasteiger partial charge in [-0.25, -0.2) is 9.36 Å². The molecular weight excluding hydrogens is 410 g/mol. The predicted molar refractivity (Wildman–Crippen MR) is 117 cm³/mol. The van der Waals surface area contributed by atoms with Crippen molar-refractivity contribution in [3.8, 4) is 5.69 Å².